The molecule has 0 aromatic heterocycles. The molecule has 0 aliphatic heterocycles. The van der Waals surface area contributed by atoms with Crippen molar-refractivity contribution in [1.82, 2.24) is 0 Å². The Morgan fingerprint density at radius 3 is 2.38 bits per heavy atom. The maximum absolute atomic E-state index is 11.1. The first-order valence-corrected chi connectivity index (χ1v) is 5.97. The molecule has 0 aliphatic carbocycles. The van der Waals surface area contributed by atoms with Crippen LogP contribution >= 0.6 is 11.6 Å². The average molecular weight is 283 g/mol. The molecule has 16 heavy (non-hydrogen) atoms. The minimum absolute atomic E-state index is 0. The molecule has 2 rings (SSSR count). The van der Waals surface area contributed by atoms with E-state index in [2.05, 4.69) is 0 Å². The van der Waals surface area contributed by atoms with Crippen LogP contribution in [0.1, 0.15) is 1.43 Å². The van der Waals surface area contributed by atoms with Crippen molar-refractivity contribution in [3.63, 3.8) is 0 Å². The summed E-state index contributed by atoms with van der Waals surface area (Å²) < 4.78 is 31.3. The fourth-order valence-corrected chi connectivity index (χ4v) is 2.71. The first-order chi connectivity index (χ1) is 7.00. The Balaban J connectivity index is 0.00000128. The van der Waals surface area contributed by atoms with Crippen LogP contribution in [0.15, 0.2) is 41.3 Å². The minimum Gasteiger partial charge on any atom is -1.00 e. The second-order valence-electron chi connectivity index (χ2n) is 3.07. The molecule has 2 aromatic rings. The quantitative estimate of drug-likeness (QED) is 0.585. The number of rotatable bonds is 1. The predicted molar refractivity (Wildman–Crippen MR) is 59.9 cm³/mol. The van der Waals surface area contributed by atoms with Gasteiger partial charge in [0.05, 0.1) is 5.02 Å². The van der Waals surface area contributed by atoms with Gasteiger partial charge in [0, 0.05) is 5.39 Å². The summed E-state index contributed by atoms with van der Waals surface area (Å²) in [5, 5.41) is 1.17. The third-order valence-corrected chi connectivity index (χ3v) is 3.47. The van der Waals surface area contributed by atoms with E-state index in [0.29, 0.717) is 5.39 Å². The molecule has 0 saturated carbocycles. The smallest absolute Gasteiger partial charge is 1.00 e. The number of hydrogen-bond donors (Lipinski definition) is 1. The molecular formula is C10H8ClKO3S. The maximum atomic E-state index is 11.1. The molecule has 3 nitrogen and oxygen atoms in total. The van der Waals surface area contributed by atoms with Crippen LogP contribution in [0.5, 0.6) is 0 Å². The Kier molecular flexibility index (Phi) is 4.97. The largest absolute Gasteiger partial charge is 1.00 e. The summed E-state index contributed by atoms with van der Waals surface area (Å²) in [6.45, 7) is 0. The van der Waals surface area contributed by atoms with Crippen LogP contribution < -0.4 is 51.4 Å². The van der Waals surface area contributed by atoms with Gasteiger partial charge in [0.15, 0.2) is 0 Å². The van der Waals surface area contributed by atoms with Crippen LogP contribution in [0.2, 0.25) is 5.02 Å². The SMILES string of the molecule is O=S(=O)(O)c1c(Cl)ccc2ccccc12.[H-].[K+]. The maximum Gasteiger partial charge on any atom is 1.00 e. The molecule has 0 amide bonds. The minimum atomic E-state index is -4.29. The summed E-state index contributed by atoms with van der Waals surface area (Å²) in [5.74, 6) is 0. The van der Waals surface area contributed by atoms with Gasteiger partial charge in [-0.15, -0.1) is 0 Å². The Morgan fingerprint density at radius 2 is 1.75 bits per heavy atom. The van der Waals surface area contributed by atoms with E-state index in [1.807, 2.05) is 0 Å². The van der Waals surface area contributed by atoms with Crippen LogP contribution in [0, 0.1) is 0 Å². The molecular weight excluding hydrogens is 275 g/mol. The van der Waals surface area contributed by atoms with Crippen molar-refractivity contribution >= 4 is 32.5 Å². The van der Waals surface area contributed by atoms with Gasteiger partial charge >= 0.3 is 51.4 Å². The molecule has 0 unspecified atom stereocenters. The summed E-state index contributed by atoms with van der Waals surface area (Å²) in [5.41, 5.74) is 0. The summed E-state index contributed by atoms with van der Waals surface area (Å²) in [6, 6.07) is 9.97. The molecule has 80 valence electrons. The predicted octanol–water partition coefficient (Wildman–Crippen LogP) is -0.144. The zero-order valence-corrected chi connectivity index (χ0v) is 13.2. The zero-order valence-electron chi connectivity index (χ0n) is 9.51. The molecule has 6 heteroatoms. The first-order valence-electron chi connectivity index (χ1n) is 4.15. The molecule has 0 atom stereocenters. The molecule has 0 heterocycles. The topological polar surface area (TPSA) is 54.4 Å². The second-order valence-corrected chi connectivity index (χ2v) is 4.84. The van der Waals surface area contributed by atoms with E-state index in [9.17, 15) is 8.42 Å². The molecule has 0 bridgehead atoms. The molecule has 0 fully saturated rings. The van der Waals surface area contributed by atoms with E-state index in [1.54, 1.807) is 30.3 Å². The van der Waals surface area contributed by atoms with Crippen molar-refractivity contribution in [2.24, 2.45) is 0 Å². The molecule has 0 radical (unpaired) electrons. The van der Waals surface area contributed by atoms with Gasteiger partial charge < -0.3 is 1.43 Å². The van der Waals surface area contributed by atoms with Crippen LogP contribution in [-0.2, 0) is 10.1 Å². The number of benzene rings is 2. The van der Waals surface area contributed by atoms with Crippen LogP contribution in [-0.4, -0.2) is 13.0 Å². The molecule has 0 spiro atoms. The zero-order chi connectivity index (χ0) is 11.1. The van der Waals surface area contributed by atoms with Crippen molar-refractivity contribution in [2.75, 3.05) is 0 Å². The molecule has 2 aromatic carbocycles. The van der Waals surface area contributed by atoms with Crippen molar-refractivity contribution in [2.45, 2.75) is 4.90 Å². The number of hydrogen-bond acceptors (Lipinski definition) is 2. The van der Waals surface area contributed by atoms with Crippen molar-refractivity contribution in [1.29, 1.82) is 0 Å². The van der Waals surface area contributed by atoms with Crippen molar-refractivity contribution in [3.8, 4) is 0 Å². The monoisotopic (exact) mass is 282 g/mol. The first kappa shape index (κ1) is 14.6. The van der Waals surface area contributed by atoms with Gasteiger partial charge in [-0.1, -0.05) is 41.9 Å². The fraction of sp³-hybridized carbons (Fsp3) is 0. The summed E-state index contributed by atoms with van der Waals surface area (Å²) in [7, 11) is -4.29. The van der Waals surface area contributed by atoms with Gasteiger partial charge in [0.2, 0.25) is 0 Å². The van der Waals surface area contributed by atoms with E-state index in [4.69, 9.17) is 16.2 Å². The third kappa shape index (κ3) is 2.86. The van der Waals surface area contributed by atoms with Crippen molar-refractivity contribution in [3.05, 3.63) is 41.4 Å². The fourth-order valence-electron chi connectivity index (χ4n) is 1.48. The van der Waals surface area contributed by atoms with Gasteiger partial charge in [-0.05, 0) is 11.5 Å². The van der Waals surface area contributed by atoms with Crippen LogP contribution in [0.25, 0.3) is 10.8 Å². The molecule has 0 aliphatic rings. The van der Waals surface area contributed by atoms with Gasteiger partial charge in [0.1, 0.15) is 4.90 Å². The van der Waals surface area contributed by atoms with E-state index >= 15 is 0 Å². The van der Waals surface area contributed by atoms with Gasteiger partial charge in [-0.3, -0.25) is 4.55 Å². The third-order valence-electron chi connectivity index (χ3n) is 2.09. The standard InChI is InChI=1S/C10H7ClO3S.K.H/c11-9-6-5-7-3-1-2-4-8(7)10(9)15(12,13)14;;/h1-6H,(H,12,13,14);;/q;+1;-1. The van der Waals surface area contributed by atoms with E-state index in [1.165, 1.54) is 6.07 Å². The summed E-state index contributed by atoms with van der Waals surface area (Å²) in [4.78, 5) is -0.234. The second kappa shape index (κ2) is 5.45. The van der Waals surface area contributed by atoms with E-state index in [-0.39, 0.29) is 62.7 Å². The Morgan fingerprint density at radius 1 is 1.12 bits per heavy atom. The van der Waals surface area contributed by atoms with Gasteiger partial charge in [0.25, 0.3) is 10.1 Å². The Bertz CT molecular complexity index is 630. The summed E-state index contributed by atoms with van der Waals surface area (Å²) >= 11 is 5.75. The van der Waals surface area contributed by atoms with E-state index in [0.717, 1.165) is 5.39 Å². The van der Waals surface area contributed by atoms with Crippen LogP contribution in [0.3, 0.4) is 0 Å². The Labute approximate surface area is 142 Å². The van der Waals surface area contributed by atoms with Gasteiger partial charge in [-0.2, -0.15) is 8.42 Å². The number of fused-ring (bicyclic) bond motifs is 1. The Hall–Kier alpha value is 0.536. The van der Waals surface area contributed by atoms with E-state index < -0.39 is 10.1 Å². The summed E-state index contributed by atoms with van der Waals surface area (Å²) in [6.07, 6.45) is 0. The van der Waals surface area contributed by atoms with Gasteiger partial charge in [-0.25, -0.2) is 0 Å². The van der Waals surface area contributed by atoms with Crippen LogP contribution in [0.4, 0.5) is 0 Å². The molecule has 1 N–H and O–H groups in total. The normalized spacial score (nSPS) is 11.1. The average Bonchev–Trinajstić information content (AvgIpc) is 2.15. The van der Waals surface area contributed by atoms with Crippen molar-refractivity contribution < 1.29 is 65.8 Å². The molecule has 0 saturated heterocycles. The number of halogens is 1.